The molecule has 1 aromatic heterocycles. The zero-order valence-corrected chi connectivity index (χ0v) is 16.3. The average Bonchev–Trinajstić information content (AvgIpc) is 2.60. The molecule has 0 bridgehead atoms. The highest BCUT2D eigenvalue weighted by Crippen LogP contribution is 2.23. The Bertz CT molecular complexity index is 1230. The fourth-order valence-electron chi connectivity index (χ4n) is 2.42. The zero-order chi connectivity index (χ0) is 20.4. The summed E-state index contributed by atoms with van der Waals surface area (Å²) in [7, 11) is -7.22. The van der Waals surface area contributed by atoms with Gasteiger partial charge in [0, 0.05) is 23.1 Å². The summed E-state index contributed by atoms with van der Waals surface area (Å²) in [5.74, 6) is 0.241. The third-order valence-electron chi connectivity index (χ3n) is 3.54. The van der Waals surface area contributed by atoms with Crippen LogP contribution in [0.15, 0.2) is 65.7 Å². The van der Waals surface area contributed by atoms with Crippen molar-refractivity contribution in [3.8, 4) is 11.3 Å². The van der Waals surface area contributed by atoms with E-state index in [1.54, 1.807) is 42.5 Å². The van der Waals surface area contributed by atoms with Gasteiger partial charge in [-0.1, -0.05) is 18.2 Å². The molecule has 0 aliphatic carbocycles. The molecule has 3 rings (SSSR count). The van der Waals surface area contributed by atoms with E-state index in [2.05, 4.69) is 20.0 Å². The maximum absolute atomic E-state index is 11.5. The maximum Gasteiger partial charge on any atom is 0.238 e. The highest BCUT2D eigenvalue weighted by Gasteiger charge is 2.10. The van der Waals surface area contributed by atoms with Crippen LogP contribution in [0.3, 0.4) is 0 Å². The lowest BCUT2D eigenvalue weighted by Crippen LogP contribution is -2.12. The molecule has 11 heteroatoms. The molecule has 0 unspecified atom stereocenters. The van der Waals surface area contributed by atoms with Gasteiger partial charge in [0.25, 0.3) is 0 Å². The second-order valence-electron chi connectivity index (χ2n) is 5.92. The van der Waals surface area contributed by atoms with E-state index in [-0.39, 0.29) is 10.8 Å². The van der Waals surface area contributed by atoms with Crippen LogP contribution in [0.25, 0.3) is 11.3 Å². The number of anilines is 3. The molecular weight excluding hydrogens is 402 g/mol. The van der Waals surface area contributed by atoms with Crippen LogP contribution in [0.2, 0.25) is 0 Å². The highest BCUT2D eigenvalue weighted by molar-refractivity contribution is 7.92. The number of nitrogens with zero attached hydrogens (tertiary/aromatic N) is 2. The number of rotatable bonds is 6. The normalized spacial score (nSPS) is 11.8. The Hall–Kier alpha value is -3.02. The number of hydrogen-bond donors (Lipinski definition) is 3. The summed E-state index contributed by atoms with van der Waals surface area (Å²) in [6, 6.07) is 14.4. The molecule has 0 aliphatic rings. The van der Waals surface area contributed by atoms with Crippen LogP contribution in [0.1, 0.15) is 0 Å². The van der Waals surface area contributed by atoms with Crippen LogP contribution < -0.4 is 15.2 Å². The molecule has 0 spiro atoms. The molecule has 0 saturated carbocycles. The van der Waals surface area contributed by atoms with Crippen LogP contribution in [-0.4, -0.2) is 33.1 Å². The van der Waals surface area contributed by atoms with Gasteiger partial charge in [-0.15, -0.1) is 0 Å². The molecule has 0 amide bonds. The lowest BCUT2D eigenvalue weighted by atomic mass is 10.1. The third kappa shape index (κ3) is 5.25. The van der Waals surface area contributed by atoms with Gasteiger partial charge in [-0.2, -0.15) is 0 Å². The van der Waals surface area contributed by atoms with Gasteiger partial charge in [-0.3, -0.25) is 4.72 Å². The second kappa shape index (κ2) is 7.54. The molecule has 9 nitrogen and oxygen atoms in total. The van der Waals surface area contributed by atoms with Gasteiger partial charge in [0.2, 0.25) is 26.0 Å². The first kappa shape index (κ1) is 19.7. The molecule has 1 heterocycles. The first-order valence-electron chi connectivity index (χ1n) is 7.91. The van der Waals surface area contributed by atoms with Crippen LogP contribution in [0.4, 0.5) is 17.3 Å². The van der Waals surface area contributed by atoms with E-state index in [9.17, 15) is 16.8 Å². The summed E-state index contributed by atoms with van der Waals surface area (Å²) >= 11 is 0. The smallest absolute Gasteiger partial charge is 0.238 e. The van der Waals surface area contributed by atoms with Crippen molar-refractivity contribution >= 4 is 37.4 Å². The number of aromatic nitrogens is 2. The standard InChI is InChI=1S/C17H17N5O4S2/c1-27(23,24)22-14-6-2-4-12(10-14)16-8-9-19-17(21-16)20-13-5-3-7-15(11-13)28(18,25)26/h2-11,22H,1H3,(H2,18,25,26)(H,19,20,21). The van der Waals surface area contributed by atoms with Gasteiger partial charge in [-0.25, -0.2) is 31.9 Å². The Morgan fingerprint density at radius 3 is 2.36 bits per heavy atom. The van der Waals surface area contributed by atoms with Gasteiger partial charge >= 0.3 is 0 Å². The van der Waals surface area contributed by atoms with Gasteiger partial charge in [0.15, 0.2) is 0 Å². The highest BCUT2D eigenvalue weighted by atomic mass is 32.2. The summed E-state index contributed by atoms with van der Waals surface area (Å²) in [4.78, 5) is 8.47. The number of benzene rings is 2. The number of nitrogens with two attached hydrogens (primary N) is 1. The topological polar surface area (TPSA) is 144 Å². The van der Waals surface area contributed by atoms with Crippen molar-refractivity contribution in [3.05, 3.63) is 60.8 Å². The molecule has 0 fully saturated rings. The van der Waals surface area contributed by atoms with Gasteiger partial charge in [0.1, 0.15) is 0 Å². The van der Waals surface area contributed by atoms with Crippen molar-refractivity contribution in [2.75, 3.05) is 16.3 Å². The average molecular weight is 419 g/mol. The largest absolute Gasteiger partial charge is 0.324 e. The molecule has 3 aromatic rings. The molecular formula is C17H17N5O4S2. The predicted molar refractivity (Wildman–Crippen MR) is 107 cm³/mol. The van der Waals surface area contributed by atoms with Crippen molar-refractivity contribution in [1.29, 1.82) is 0 Å². The van der Waals surface area contributed by atoms with Crippen molar-refractivity contribution in [1.82, 2.24) is 9.97 Å². The van der Waals surface area contributed by atoms with Crippen molar-refractivity contribution in [3.63, 3.8) is 0 Å². The molecule has 0 saturated heterocycles. The molecule has 0 aliphatic heterocycles. The SMILES string of the molecule is CS(=O)(=O)Nc1cccc(-c2ccnc(Nc3cccc(S(N)(=O)=O)c3)n2)c1. The minimum Gasteiger partial charge on any atom is -0.324 e. The van der Waals surface area contributed by atoms with Crippen molar-refractivity contribution in [2.45, 2.75) is 4.90 Å². The molecule has 2 aromatic carbocycles. The summed E-state index contributed by atoms with van der Waals surface area (Å²) < 4.78 is 48.2. The fraction of sp³-hybridized carbons (Fsp3) is 0.0588. The zero-order valence-electron chi connectivity index (χ0n) is 14.7. The van der Waals surface area contributed by atoms with Gasteiger partial charge in [0.05, 0.1) is 16.8 Å². The second-order valence-corrected chi connectivity index (χ2v) is 9.23. The van der Waals surface area contributed by atoms with Gasteiger partial charge in [-0.05, 0) is 36.4 Å². The summed E-state index contributed by atoms with van der Waals surface area (Å²) in [6.45, 7) is 0. The Labute approximate surface area is 162 Å². The fourth-order valence-corrected chi connectivity index (χ4v) is 3.53. The van der Waals surface area contributed by atoms with Crippen LogP contribution in [-0.2, 0) is 20.0 Å². The van der Waals surface area contributed by atoms with E-state index in [0.717, 1.165) is 6.26 Å². The molecule has 28 heavy (non-hydrogen) atoms. The quantitative estimate of drug-likeness (QED) is 0.553. The summed E-state index contributed by atoms with van der Waals surface area (Å²) in [6.07, 6.45) is 2.60. The Morgan fingerprint density at radius 2 is 1.64 bits per heavy atom. The van der Waals surface area contributed by atoms with Crippen molar-refractivity contribution in [2.24, 2.45) is 5.14 Å². The summed E-state index contributed by atoms with van der Waals surface area (Å²) in [5.41, 5.74) is 2.10. The first-order valence-corrected chi connectivity index (χ1v) is 11.4. The lowest BCUT2D eigenvalue weighted by molar-refractivity contribution is 0.597. The van der Waals surface area contributed by atoms with E-state index < -0.39 is 20.0 Å². The maximum atomic E-state index is 11.5. The van der Waals surface area contributed by atoms with E-state index >= 15 is 0 Å². The number of sulfonamides is 2. The van der Waals surface area contributed by atoms with Crippen LogP contribution >= 0.6 is 0 Å². The molecule has 0 radical (unpaired) electrons. The first-order chi connectivity index (χ1) is 13.1. The van der Waals surface area contributed by atoms with E-state index in [0.29, 0.717) is 22.6 Å². The van der Waals surface area contributed by atoms with Crippen molar-refractivity contribution < 1.29 is 16.8 Å². The number of nitrogens with one attached hydrogen (secondary N) is 2. The minimum atomic E-state index is -3.83. The Balaban J connectivity index is 1.89. The molecule has 0 atom stereocenters. The lowest BCUT2D eigenvalue weighted by Gasteiger charge is -2.09. The third-order valence-corrected chi connectivity index (χ3v) is 5.05. The molecule has 4 N–H and O–H groups in total. The van der Waals surface area contributed by atoms with E-state index in [4.69, 9.17) is 5.14 Å². The summed E-state index contributed by atoms with van der Waals surface area (Å²) in [5, 5.41) is 8.07. The van der Waals surface area contributed by atoms with Crippen LogP contribution in [0, 0.1) is 0 Å². The Morgan fingerprint density at radius 1 is 0.929 bits per heavy atom. The van der Waals surface area contributed by atoms with E-state index in [1.165, 1.54) is 18.3 Å². The van der Waals surface area contributed by atoms with E-state index in [1.807, 2.05) is 0 Å². The van der Waals surface area contributed by atoms with Crippen LogP contribution in [0.5, 0.6) is 0 Å². The minimum absolute atomic E-state index is 0.0341. The monoisotopic (exact) mass is 419 g/mol. The number of primary sulfonamides is 1. The van der Waals surface area contributed by atoms with Gasteiger partial charge < -0.3 is 5.32 Å². The number of hydrogen-bond acceptors (Lipinski definition) is 7. The molecule has 146 valence electrons. The predicted octanol–water partition coefficient (Wildman–Crippen LogP) is 1.91. The Kier molecular flexibility index (Phi) is 5.31.